The standard InChI is InChI=1S/C52H32N2O2/c1-2-13-38-34(11-1)12-9-19-45(38)53(37-28-30-51-44(32-37)41-16-5-7-21-49(41)55-51)36-26-23-33(24-27-36)35-25-29-47-43(31-35)39-14-3-6-18-46(39)54(47)48-20-10-17-42-40-15-4-8-22-50(40)56-52(42)48/h1-32H. The zero-order valence-corrected chi connectivity index (χ0v) is 30.2. The fourth-order valence-corrected chi connectivity index (χ4v) is 8.81. The molecule has 0 aliphatic carbocycles. The Morgan fingerprint density at radius 1 is 0.357 bits per heavy atom. The summed E-state index contributed by atoms with van der Waals surface area (Å²) in [5, 5.41) is 9.27. The van der Waals surface area contributed by atoms with E-state index < -0.39 is 0 Å². The van der Waals surface area contributed by atoms with Gasteiger partial charge in [-0.2, -0.15) is 0 Å². The zero-order chi connectivity index (χ0) is 36.7. The third-order valence-corrected chi connectivity index (χ3v) is 11.4. The highest BCUT2D eigenvalue weighted by molar-refractivity contribution is 6.14. The van der Waals surface area contributed by atoms with E-state index in [2.05, 4.69) is 179 Å². The van der Waals surface area contributed by atoms with Gasteiger partial charge < -0.3 is 18.3 Å². The summed E-state index contributed by atoms with van der Waals surface area (Å²) in [6, 6.07) is 69.1. The van der Waals surface area contributed by atoms with Crippen LogP contribution in [0.25, 0.3) is 93.3 Å². The summed E-state index contributed by atoms with van der Waals surface area (Å²) >= 11 is 0. The van der Waals surface area contributed by atoms with Crippen molar-refractivity contribution in [1.82, 2.24) is 4.57 Å². The van der Waals surface area contributed by atoms with Crippen LogP contribution in [0, 0.1) is 0 Å². The Labute approximate surface area is 321 Å². The molecular formula is C52H32N2O2. The van der Waals surface area contributed by atoms with E-state index in [1.54, 1.807) is 0 Å². The number of anilines is 3. The molecule has 12 rings (SSSR count). The molecule has 0 atom stereocenters. The van der Waals surface area contributed by atoms with Crippen molar-refractivity contribution in [1.29, 1.82) is 0 Å². The van der Waals surface area contributed by atoms with Crippen LogP contribution in [-0.2, 0) is 0 Å². The average Bonchev–Trinajstić information content (AvgIpc) is 3.93. The molecule has 0 N–H and O–H groups in total. The van der Waals surface area contributed by atoms with Crippen LogP contribution in [0.2, 0.25) is 0 Å². The number of fused-ring (bicyclic) bond motifs is 10. The van der Waals surface area contributed by atoms with Crippen molar-refractivity contribution in [3.05, 3.63) is 194 Å². The van der Waals surface area contributed by atoms with E-state index in [1.807, 2.05) is 24.3 Å². The first-order valence-electron chi connectivity index (χ1n) is 19.0. The number of nitrogens with zero attached hydrogens (tertiary/aromatic N) is 2. The molecule has 0 radical (unpaired) electrons. The Hall–Kier alpha value is -7.56. The molecule has 3 heterocycles. The van der Waals surface area contributed by atoms with Crippen molar-refractivity contribution in [2.45, 2.75) is 0 Å². The maximum Gasteiger partial charge on any atom is 0.159 e. The Morgan fingerprint density at radius 3 is 1.82 bits per heavy atom. The van der Waals surface area contributed by atoms with E-state index in [0.717, 1.165) is 88.8 Å². The number of hydrogen-bond acceptors (Lipinski definition) is 3. The Morgan fingerprint density at radius 2 is 0.964 bits per heavy atom. The lowest BCUT2D eigenvalue weighted by molar-refractivity contribution is 0.666. The summed E-state index contributed by atoms with van der Waals surface area (Å²) in [5.74, 6) is 0. The summed E-state index contributed by atoms with van der Waals surface area (Å²) in [5.41, 5.74) is 12.5. The lowest BCUT2D eigenvalue weighted by Crippen LogP contribution is -2.10. The van der Waals surface area contributed by atoms with Crippen molar-refractivity contribution >= 4 is 93.5 Å². The predicted octanol–water partition coefficient (Wildman–Crippen LogP) is 14.9. The van der Waals surface area contributed by atoms with E-state index in [4.69, 9.17) is 8.83 Å². The Bertz CT molecular complexity index is 3490. The number of furan rings is 2. The van der Waals surface area contributed by atoms with Gasteiger partial charge in [-0.15, -0.1) is 0 Å². The van der Waals surface area contributed by atoms with Crippen LogP contribution >= 0.6 is 0 Å². The van der Waals surface area contributed by atoms with Crippen molar-refractivity contribution in [2.24, 2.45) is 0 Å². The van der Waals surface area contributed by atoms with Gasteiger partial charge in [0.1, 0.15) is 16.7 Å². The third-order valence-electron chi connectivity index (χ3n) is 11.4. The van der Waals surface area contributed by atoms with Gasteiger partial charge in [0.2, 0.25) is 0 Å². The molecule has 3 aromatic heterocycles. The quantitative estimate of drug-likeness (QED) is 0.178. The summed E-state index contributed by atoms with van der Waals surface area (Å²) in [6.45, 7) is 0. The molecular weight excluding hydrogens is 685 g/mol. The fourth-order valence-electron chi connectivity index (χ4n) is 8.81. The molecule has 0 amide bonds. The van der Waals surface area contributed by atoms with Crippen molar-refractivity contribution < 1.29 is 8.83 Å². The zero-order valence-electron chi connectivity index (χ0n) is 30.2. The lowest BCUT2D eigenvalue weighted by atomic mass is 10.0. The Balaban J connectivity index is 0.999. The SMILES string of the molecule is c1ccc2c(N(c3ccc(-c4ccc5c(c4)c4ccccc4n5-c4cccc5c4oc4ccccc45)cc3)c3ccc4oc5ccccc5c4c3)cccc2c1. The fraction of sp³-hybridized carbons (Fsp3) is 0. The van der Waals surface area contributed by atoms with Gasteiger partial charge in [0.25, 0.3) is 0 Å². The van der Waals surface area contributed by atoms with Crippen LogP contribution < -0.4 is 4.90 Å². The number of para-hydroxylation sites is 4. The number of hydrogen-bond donors (Lipinski definition) is 0. The summed E-state index contributed by atoms with van der Waals surface area (Å²) in [7, 11) is 0. The van der Waals surface area contributed by atoms with E-state index in [1.165, 1.54) is 21.5 Å². The van der Waals surface area contributed by atoms with Crippen molar-refractivity contribution in [3.63, 3.8) is 0 Å². The molecule has 0 saturated carbocycles. The van der Waals surface area contributed by atoms with Crippen molar-refractivity contribution in [2.75, 3.05) is 4.90 Å². The molecule has 0 fully saturated rings. The largest absolute Gasteiger partial charge is 0.456 e. The molecule has 4 nitrogen and oxygen atoms in total. The average molecular weight is 717 g/mol. The highest BCUT2D eigenvalue weighted by Crippen LogP contribution is 2.43. The smallest absolute Gasteiger partial charge is 0.159 e. The lowest BCUT2D eigenvalue weighted by Gasteiger charge is -2.27. The van der Waals surface area contributed by atoms with Gasteiger partial charge in [-0.3, -0.25) is 0 Å². The topological polar surface area (TPSA) is 34.5 Å². The predicted molar refractivity (Wildman–Crippen MR) is 233 cm³/mol. The maximum atomic E-state index is 6.52. The molecule has 0 unspecified atom stereocenters. The number of aromatic nitrogens is 1. The summed E-state index contributed by atoms with van der Waals surface area (Å²) < 4.78 is 15.1. The third kappa shape index (κ3) is 4.60. The second kappa shape index (κ2) is 12.0. The van der Waals surface area contributed by atoms with E-state index in [0.29, 0.717) is 0 Å². The molecule has 262 valence electrons. The molecule has 0 bridgehead atoms. The normalized spacial score (nSPS) is 11.9. The summed E-state index contributed by atoms with van der Waals surface area (Å²) in [6.07, 6.45) is 0. The minimum absolute atomic E-state index is 0.884. The first-order valence-corrected chi connectivity index (χ1v) is 19.0. The van der Waals surface area contributed by atoms with Gasteiger partial charge in [0.05, 0.1) is 22.4 Å². The second-order valence-electron chi connectivity index (χ2n) is 14.5. The van der Waals surface area contributed by atoms with Crippen LogP contribution in [0.3, 0.4) is 0 Å². The van der Waals surface area contributed by atoms with Gasteiger partial charge in [-0.1, -0.05) is 121 Å². The van der Waals surface area contributed by atoms with Gasteiger partial charge in [-0.05, 0) is 89.3 Å². The van der Waals surface area contributed by atoms with Gasteiger partial charge in [0.15, 0.2) is 5.58 Å². The molecule has 0 aliphatic rings. The number of rotatable bonds is 5. The van der Waals surface area contributed by atoms with Crippen LogP contribution in [0.15, 0.2) is 203 Å². The molecule has 9 aromatic carbocycles. The highest BCUT2D eigenvalue weighted by atomic mass is 16.3. The van der Waals surface area contributed by atoms with E-state index in [-0.39, 0.29) is 0 Å². The molecule has 4 heteroatoms. The highest BCUT2D eigenvalue weighted by Gasteiger charge is 2.20. The van der Waals surface area contributed by atoms with Crippen molar-refractivity contribution in [3.8, 4) is 16.8 Å². The van der Waals surface area contributed by atoms with E-state index in [9.17, 15) is 0 Å². The molecule has 0 saturated heterocycles. The molecule has 0 spiro atoms. The van der Waals surface area contributed by atoms with Gasteiger partial charge in [-0.25, -0.2) is 0 Å². The van der Waals surface area contributed by atoms with Crippen LogP contribution in [-0.4, -0.2) is 4.57 Å². The molecule has 56 heavy (non-hydrogen) atoms. The minimum Gasteiger partial charge on any atom is -0.456 e. The molecule has 0 aliphatic heterocycles. The Kier molecular flexibility index (Phi) is 6.60. The van der Waals surface area contributed by atoms with Crippen LogP contribution in [0.1, 0.15) is 0 Å². The van der Waals surface area contributed by atoms with Gasteiger partial charge in [0, 0.05) is 49.1 Å². The van der Waals surface area contributed by atoms with Crippen LogP contribution in [0.4, 0.5) is 17.1 Å². The number of benzene rings is 9. The monoisotopic (exact) mass is 716 g/mol. The second-order valence-corrected chi connectivity index (χ2v) is 14.5. The van der Waals surface area contributed by atoms with Gasteiger partial charge >= 0.3 is 0 Å². The van der Waals surface area contributed by atoms with Crippen LogP contribution in [0.5, 0.6) is 0 Å². The van der Waals surface area contributed by atoms with E-state index >= 15 is 0 Å². The maximum absolute atomic E-state index is 6.52. The first kappa shape index (κ1) is 30.9. The summed E-state index contributed by atoms with van der Waals surface area (Å²) in [4.78, 5) is 2.36. The molecule has 12 aromatic rings. The first-order chi connectivity index (χ1) is 27.8. The minimum atomic E-state index is 0.884.